The Morgan fingerprint density at radius 1 is 1.10 bits per heavy atom. The second-order valence-electron chi connectivity index (χ2n) is 5.68. The van der Waals surface area contributed by atoms with Gasteiger partial charge in [-0.05, 0) is 44.5 Å². The number of nitrogens with zero attached hydrogens (tertiary/aromatic N) is 1. The van der Waals surface area contributed by atoms with Gasteiger partial charge in [-0.2, -0.15) is 0 Å². The summed E-state index contributed by atoms with van der Waals surface area (Å²) in [4.78, 5) is 0. The van der Waals surface area contributed by atoms with Gasteiger partial charge in [0.05, 0.1) is 5.71 Å². The lowest BCUT2D eigenvalue weighted by Gasteiger charge is -2.19. The van der Waals surface area contributed by atoms with Gasteiger partial charge in [0.1, 0.15) is 16.1 Å². The normalized spacial score (nSPS) is 14.6. The highest BCUT2D eigenvalue weighted by molar-refractivity contribution is 9.10. The van der Waals surface area contributed by atoms with Crippen LogP contribution < -0.4 is 0 Å². The zero-order valence-corrected chi connectivity index (χ0v) is 14.5. The maximum absolute atomic E-state index is 12.2. The lowest BCUT2D eigenvalue weighted by molar-refractivity contribution is 0.561. The SMILES string of the molecule is C/C(=N\[S@@+]([O-])C(C)(C)C)c1ccc(Br)c2ccccc12. The highest BCUT2D eigenvalue weighted by Gasteiger charge is 2.27. The van der Waals surface area contributed by atoms with Crippen LogP contribution in [0.1, 0.15) is 33.3 Å². The zero-order valence-electron chi connectivity index (χ0n) is 12.1. The summed E-state index contributed by atoms with van der Waals surface area (Å²) in [7, 11) is 0. The molecule has 0 amide bonds. The molecular weight excluding hydrogens is 334 g/mol. The van der Waals surface area contributed by atoms with Gasteiger partial charge in [0, 0.05) is 10.0 Å². The van der Waals surface area contributed by atoms with Gasteiger partial charge in [0.25, 0.3) is 0 Å². The number of benzene rings is 2. The Morgan fingerprint density at radius 3 is 2.30 bits per heavy atom. The van der Waals surface area contributed by atoms with Crippen LogP contribution in [0.2, 0.25) is 0 Å². The minimum Gasteiger partial charge on any atom is -0.591 e. The van der Waals surface area contributed by atoms with Crippen LogP contribution in [-0.2, 0) is 11.4 Å². The molecule has 0 bridgehead atoms. The first-order chi connectivity index (χ1) is 9.30. The predicted molar refractivity (Wildman–Crippen MR) is 91.8 cm³/mol. The van der Waals surface area contributed by atoms with Gasteiger partial charge in [-0.3, -0.25) is 0 Å². The van der Waals surface area contributed by atoms with Gasteiger partial charge in [0.15, 0.2) is 0 Å². The molecule has 0 unspecified atom stereocenters. The van der Waals surface area contributed by atoms with Crippen molar-refractivity contribution in [2.45, 2.75) is 32.4 Å². The molecule has 2 aromatic rings. The van der Waals surface area contributed by atoms with E-state index in [2.05, 4.69) is 32.5 Å². The van der Waals surface area contributed by atoms with E-state index in [4.69, 9.17) is 0 Å². The third-order valence-electron chi connectivity index (χ3n) is 3.00. The molecule has 0 saturated heterocycles. The molecule has 0 N–H and O–H groups in total. The molecule has 0 spiro atoms. The van der Waals surface area contributed by atoms with Crippen LogP contribution in [0.3, 0.4) is 0 Å². The summed E-state index contributed by atoms with van der Waals surface area (Å²) in [6, 6.07) is 12.2. The van der Waals surface area contributed by atoms with E-state index in [1.165, 1.54) is 0 Å². The highest BCUT2D eigenvalue weighted by Crippen LogP contribution is 2.28. The number of rotatable bonds is 2. The Morgan fingerprint density at radius 2 is 1.70 bits per heavy atom. The van der Waals surface area contributed by atoms with Crippen molar-refractivity contribution < 1.29 is 4.55 Å². The number of fused-ring (bicyclic) bond motifs is 1. The summed E-state index contributed by atoms with van der Waals surface area (Å²) >= 11 is 2.32. The summed E-state index contributed by atoms with van der Waals surface area (Å²) < 4.78 is 17.3. The quantitative estimate of drug-likeness (QED) is 0.561. The fourth-order valence-electron chi connectivity index (χ4n) is 1.89. The molecule has 20 heavy (non-hydrogen) atoms. The van der Waals surface area contributed by atoms with Crippen molar-refractivity contribution in [3.8, 4) is 0 Å². The standard InChI is InChI=1S/C16H18BrNOS/c1-11(18-20(19)16(2,3)4)12-9-10-15(17)14-8-6-5-7-13(12)14/h5-10H,1-4H3/b18-11+/t20-/m0/s1. The average molecular weight is 352 g/mol. The van der Waals surface area contributed by atoms with Gasteiger partial charge >= 0.3 is 0 Å². The Bertz CT molecular complexity index is 661. The largest absolute Gasteiger partial charge is 0.591 e. The minimum atomic E-state index is -1.24. The van der Waals surface area contributed by atoms with Gasteiger partial charge in [-0.15, -0.1) is 0 Å². The van der Waals surface area contributed by atoms with E-state index in [1.54, 1.807) is 0 Å². The summed E-state index contributed by atoms with van der Waals surface area (Å²) in [6.45, 7) is 7.71. The van der Waals surface area contributed by atoms with E-state index >= 15 is 0 Å². The molecule has 2 rings (SSSR count). The Hall–Kier alpha value is -0.840. The van der Waals surface area contributed by atoms with Gasteiger partial charge < -0.3 is 4.55 Å². The first kappa shape index (κ1) is 15.5. The first-order valence-electron chi connectivity index (χ1n) is 6.45. The van der Waals surface area contributed by atoms with Crippen LogP contribution in [0.4, 0.5) is 0 Å². The second-order valence-corrected chi connectivity index (χ2v) is 8.44. The maximum atomic E-state index is 12.2. The van der Waals surface area contributed by atoms with E-state index < -0.39 is 11.4 Å². The summed E-state index contributed by atoms with van der Waals surface area (Å²) in [5, 5.41) is 2.26. The fourth-order valence-corrected chi connectivity index (χ4v) is 2.99. The Kier molecular flexibility index (Phi) is 4.57. The molecule has 0 radical (unpaired) electrons. The molecule has 0 aromatic heterocycles. The molecule has 2 nitrogen and oxygen atoms in total. The Labute approximate surface area is 131 Å². The van der Waals surface area contributed by atoms with Crippen molar-refractivity contribution in [2.75, 3.05) is 0 Å². The summed E-state index contributed by atoms with van der Waals surface area (Å²) in [5.41, 5.74) is 1.84. The highest BCUT2D eigenvalue weighted by atomic mass is 79.9. The molecule has 0 saturated carbocycles. The topological polar surface area (TPSA) is 35.4 Å². The van der Waals surface area contributed by atoms with E-state index in [0.29, 0.717) is 0 Å². The number of hydrogen-bond acceptors (Lipinski definition) is 2. The smallest absolute Gasteiger partial charge is 0.144 e. The van der Waals surface area contributed by atoms with Crippen molar-refractivity contribution >= 4 is 43.8 Å². The summed E-state index contributed by atoms with van der Waals surface area (Å²) in [5.74, 6) is 0. The van der Waals surface area contributed by atoms with E-state index in [1.807, 2.05) is 52.0 Å². The minimum absolute atomic E-state index is 0.341. The molecule has 0 aliphatic carbocycles. The van der Waals surface area contributed by atoms with Crippen LogP contribution >= 0.6 is 15.9 Å². The Balaban J connectivity index is 2.54. The fraction of sp³-hybridized carbons (Fsp3) is 0.312. The zero-order chi connectivity index (χ0) is 14.9. The maximum Gasteiger partial charge on any atom is 0.144 e. The van der Waals surface area contributed by atoms with E-state index in [0.717, 1.165) is 26.5 Å². The van der Waals surface area contributed by atoms with Gasteiger partial charge in [0.2, 0.25) is 0 Å². The molecular formula is C16H18BrNOS. The third kappa shape index (κ3) is 3.25. The predicted octanol–water partition coefficient (Wildman–Crippen LogP) is 4.87. The molecule has 4 heteroatoms. The average Bonchev–Trinajstić information content (AvgIpc) is 2.38. The van der Waals surface area contributed by atoms with Crippen molar-refractivity contribution in [3.63, 3.8) is 0 Å². The van der Waals surface area contributed by atoms with Crippen molar-refractivity contribution in [1.29, 1.82) is 0 Å². The molecule has 2 aromatic carbocycles. The summed E-state index contributed by atoms with van der Waals surface area (Å²) in [6.07, 6.45) is 0. The van der Waals surface area contributed by atoms with Crippen LogP contribution in [0.25, 0.3) is 10.8 Å². The van der Waals surface area contributed by atoms with E-state index in [9.17, 15) is 4.55 Å². The third-order valence-corrected chi connectivity index (χ3v) is 5.18. The van der Waals surface area contributed by atoms with Crippen LogP contribution in [-0.4, -0.2) is 15.0 Å². The number of hydrogen-bond donors (Lipinski definition) is 0. The molecule has 0 heterocycles. The van der Waals surface area contributed by atoms with E-state index in [-0.39, 0.29) is 4.75 Å². The number of halogens is 1. The van der Waals surface area contributed by atoms with Crippen molar-refractivity contribution in [1.82, 2.24) is 0 Å². The van der Waals surface area contributed by atoms with Gasteiger partial charge in [-0.25, -0.2) is 0 Å². The van der Waals surface area contributed by atoms with Crippen molar-refractivity contribution in [3.05, 3.63) is 46.4 Å². The van der Waals surface area contributed by atoms with Crippen LogP contribution in [0.5, 0.6) is 0 Å². The van der Waals surface area contributed by atoms with Gasteiger partial charge in [-0.1, -0.05) is 50.7 Å². The molecule has 0 fully saturated rings. The van der Waals surface area contributed by atoms with Crippen LogP contribution in [0, 0.1) is 0 Å². The van der Waals surface area contributed by atoms with Crippen LogP contribution in [0.15, 0.2) is 45.3 Å². The van der Waals surface area contributed by atoms with Crippen molar-refractivity contribution in [2.24, 2.45) is 4.40 Å². The lowest BCUT2D eigenvalue weighted by Crippen LogP contribution is -2.26. The molecule has 0 aliphatic rings. The molecule has 106 valence electrons. The lowest BCUT2D eigenvalue weighted by atomic mass is 10.0. The first-order valence-corrected chi connectivity index (χ1v) is 8.35. The molecule has 1 atom stereocenters. The molecule has 0 aliphatic heterocycles. The monoisotopic (exact) mass is 351 g/mol. The second kappa shape index (κ2) is 5.88.